The third kappa shape index (κ3) is 4.92. The second-order valence-corrected chi connectivity index (χ2v) is 7.16. The predicted molar refractivity (Wildman–Crippen MR) is 117 cm³/mol. The lowest BCUT2D eigenvalue weighted by Gasteiger charge is -2.11. The van der Waals surface area contributed by atoms with Gasteiger partial charge in [0, 0.05) is 17.8 Å². The first-order valence-corrected chi connectivity index (χ1v) is 9.91. The molecule has 1 amide bonds. The summed E-state index contributed by atoms with van der Waals surface area (Å²) in [6.07, 6.45) is 3.39. The summed E-state index contributed by atoms with van der Waals surface area (Å²) in [6, 6.07) is 18.2. The summed E-state index contributed by atoms with van der Waals surface area (Å²) in [4.78, 5) is 21.5. The number of carbonyl (C=O) groups excluding carboxylic acids is 1. The van der Waals surface area contributed by atoms with Crippen LogP contribution in [-0.2, 0) is 6.61 Å². The van der Waals surface area contributed by atoms with Gasteiger partial charge in [-0.1, -0.05) is 18.2 Å². The summed E-state index contributed by atoms with van der Waals surface area (Å²) in [6.45, 7) is 4.41. The van der Waals surface area contributed by atoms with Crippen molar-refractivity contribution in [2.45, 2.75) is 26.5 Å². The molecule has 8 nitrogen and oxygen atoms in total. The van der Waals surface area contributed by atoms with Crippen molar-refractivity contribution in [3.8, 4) is 17.3 Å². The molecule has 0 unspecified atom stereocenters. The first kappa shape index (κ1) is 20.2. The molecule has 0 radical (unpaired) electrons. The van der Waals surface area contributed by atoms with Gasteiger partial charge in [0.25, 0.3) is 5.91 Å². The number of carbonyl (C=O) groups is 1. The lowest BCUT2D eigenvalue weighted by atomic mass is 10.2. The first-order chi connectivity index (χ1) is 15.1. The number of hydrogen-bond acceptors (Lipinski definition) is 6. The third-order valence-corrected chi connectivity index (χ3v) is 4.56. The Bertz CT molecular complexity index is 1170. The summed E-state index contributed by atoms with van der Waals surface area (Å²) in [5.41, 5.74) is 1.92. The molecule has 0 aliphatic carbocycles. The first-order valence-electron chi connectivity index (χ1n) is 9.91. The molecule has 1 N–H and O–H groups in total. The zero-order valence-electron chi connectivity index (χ0n) is 17.3. The molecule has 0 bridgehead atoms. The molecule has 156 valence electrons. The number of amides is 1. The Labute approximate surface area is 180 Å². The molecule has 3 heterocycles. The highest BCUT2D eigenvalue weighted by atomic mass is 16.5. The molecule has 0 saturated carbocycles. The minimum absolute atomic E-state index is 0.193. The van der Waals surface area contributed by atoms with E-state index in [4.69, 9.17) is 4.74 Å². The van der Waals surface area contributed by atoms with Crippen LogP contribution in [0.2, 0.25) is 0 Å². The standard InChI is InChI=1S/C23H22N6O2/c1-16(2)29-15-25-28-22(29)20-10-6-11-21(26-20)27-23(30)17-7-5-9-19(13-17)31-14-18-8-3-4-12-24-18/h3-13,15-16H,14H2,1-2H3,(H,26,27,30). The van der Waals surface area contributed by atoms with Crippen molar-refractivity contribution in [1.29, 1.82) is 0 Å². The summed E-state index contributed by atoms with van der Waals surface area (Å²) < 4.78 is 7.69. The fourth-order valence-electron chi connectivity index (χ4n) is 2.99. The molecule has 0 aliphatic heterocycles. The van der Waals surface area contributed by atoms with Gasteiger partial charge in [-0.3, -0.25) is 9.78 Å². The van der Waals surface area contributed by atoms with Crippen molar-refractivity contribution in [1.82, 2.24) is 24.7 Å². The van der Waals surface area contributed by atoms with E-state index in [2.05, 4.69) is 25.5 Å². The van der Waals surface area contributed by atoms with Gasteiger partial charge in [-0.2, -0.15) is 0 Å². The van der Waals surface area contributed by atoms with Crippen molar-refractivity contribution >= 4 is 11.7 Å². The number of ether oxygens (including phenoxy) is 1. The number of aromatic nitrogens is 5. The van der Waals surface area contributed by atoms with E-state index in [-0.39, 0.29) is 11.9 Å². The SMILES string of the molecule is CC(C)n1cnnc1-c1cccc(NC(=O)c2cccc(OCc3ccccn3)c2)n1. The van der Waals surface area contributed by atoms with Crippen molar-refractivity contribution in [3.63, 3.8) is 0 Å². The highest BCUT2D eigenvalue weighted by molar-refractivity contribution is 6.04. The summed E-state index contributed by atoms with van der Waals surface area (Å²) in [5.74, 6) is 1.39. The average molecular weight is 414 g/mol. The van der Waals surface area contributed by atoms with Gasteiger partial charge in [0.2, 0.25) is 0 Å². The molecule has 31 heavy (non-hydrogen) atoms. The molecule has 0 spiro atoms. The molecule has 0 aliphatic rings. The number of benzene rings is 1. The van der Waals surface area contributed by atoms with Crippen molar-refractivity contribution in [2.75, 3.05) is 5.32 Å². The Morgan fingerprint density at radius 2 is 1.97 bits per heavy atom. The van der Waals surface area contributed by atoms with E-state index >= 15 is 0 Å². The third-order valence-electron chi connectivity index (χ3n) is 4.56. The second kappa shape index (κ2) is 9.17. The molecule has 4 aromatic rings. The Hall–Kier alpha value is -4.07. The van der Waals surface area contributed by atoms with Crippen LogP contribution in [0.15, 0.2) is 73.2 Å². The topological polar surface area (TPSA) is 94.8 Å². The fourth-order valence-corrected chi connectivity index (χ4v) is 2.99. The van der Waals surface area contributed by atoms with Gasteiger partial charge < -0.3 is 14.6 Å². The van der Waals surface area contributed by atoms with E-state index in [9.17, 15) is 4.79 Å². The Morgan fingerprint density at radius 3 is 2.77 bits per heavy atom. The van der Waals surface area contributed by atoms with E-state index in [0.717, 1.165) is 5.69 Å². The highest BCUT2D eigenvalue weighted by Gasteiger charge is 2.13. The van der Waals surface area contributed by atoms with E-state index in [0.29, 0.717) is 35.3 Å². The quantitative estimate of drug-likeness (QED) is 0.488. The number of pyridine rings is 2. The van der Waals surface area contributed by atoms with Crippen LogP contribution in [0.3, 0.4) is 0 Å². The number of anilines is 1. The van der Waals surface area contributed by atoms with E-state index in [1.165, 1.54) is 0 Å². The van der Waals surface area contributed by atoms with Crippen molar-refractivity contribution < 1.29 is 9.53 Å². The molecule has 0 saturated heterocycles. The largest absolute Gasteiger partial charge is 0.487 e. The molecule has 8 heteroatoms. The van der Waals surface area contributed by atoms with Crippen molar-refractivity contribution in [3.05, 3.63) is 84.4 Å². The van der Waals surface area contributed by atoms with E-state index in [1.54, 1.807) is 42.9 Å². The molecule has 4 rings (SSSR count). The van der Waals surface area contributed by atoms with Crippen LogP contribution in [-0.4, -0.2) is 30.6 Å². The molecule has 0 atom stereocenters. The van der Waals surface area contributed by atoms with Crippen LogP contribution in [0.25, 0.3) is 11.5 Å². The van der Waals surface area contributed by atoms with Gasteiger partial charge in [0.05, 0.1) is 5.69 Å². The maximum absolute atomic E-state index is 12.8. The summed E-state index contributed by atoms with van der Waals surface area (Å²) in [5, 5.41) is 11.0. The smallest absolute Gasteiger partial charge is 0.256 e. The number of hydrogen-bond donors (Lipinski definition) is 1. The van der Waals surface area contributed by atoms with E-state index < -0.39 is 0 Å². The predicted octanol–water partition coefficient (Wildman–Crippen LogP) is 4.15. The Balaban J connectivity index is 1.47. The van der Waals surface area contributed by atoms with Crippen LogP contribution in [0.4, 0.5) is 5.82 Å². The maximum atomic E-state index is 12.8. The van der Waals surface area contributed by atoms with Gasteiger partial charge in [-0.15, -0.1) is 10.2 Å². The monoisotopic (exact) mass is 414 g/mol. The zero-order valence-corrected chi connectivity index (χ0v) is 17.3. The second-order valence-electron chi connectivity index (χ2n) is 7.16. The molecule has 3 aromatic heterocycles. The normalized spacial score (nSPS) is 10.8. The van der Waals surface area contributed by atoms with Gasteiger partial charge in [0.1, 0.15) is 30.2 Å². The zero-order chi connectivity index (χ0) is 21.6. The number of nitrogens with one attached hydrogen (secondary N) is 1. The molecule has 1 aromatic carbocycles. The van der Waals surface area contributed by atoms with Gasteiger partial charge in [-0.05, 0) is 56.3 Å². The number of rotatable bonds is 7. The average Bonchev–Trinajstić information content (AvgIpc) is 3.29. The fraction of sp³-hybridized carbons (Fsp3) is 0.174. The molecular weight excluding hydrogens is 392 g/mol. The molecule has 0 fully saturated rings. The molecular formula is C23H22N6O2. The van der Waals surface area contributed by atoms with Gasteiger partial charge in [0.15, 0.2) is 5.82 Å². The van der Waals surface area contributed by atoms with Gasteiger partial charge in [-0.25, -0.2) is 4.98 Å². The van der Waals surface area contributed by atoms with Crippen LogP contribution in [0.5, 0.6) is 5.75 Å². The summed E-state index contributed by atoms with van der Waals surface area (Å²) >= 11 is 0. The maximum Gasteiger partial charge on any atom is 0.256 e. The van der Waals surface area contributed by atoms with E-state index in [1.807, 2.05) is 48.7 Å². The minimum atomic E-state index is -0.279. The highest BCUT2D eigenvalue weighted by Crippen LogP contribution is 2.21. The van der Waals surface area contributed by atoms with Crippen LogP contribution < -0.4 is 10.1 Å². The minimum Gasteiger partial charge on any atom is -0.487 e. The van der Waals surface area contributed by atoms with Crippen LogP contribution in [0.1, 0.15) is 35.9 Å². The van der Waals surface area contributed by atoms with Crippen LogP contribution in [0, 0.1) is 0 Å². The van der Waals surface area contributed by atoms with Gasteiger partial charge >= 0.3 is 0 Å². The number of nitrogens with zero attached hydrogens (tertiary/aromatic N) is 5. The van der Waals surface area contributed by atoms with Crippen LogP contribution >= 0.6 is 0 Å². The van der Waals surface area contributed by atoms with Crippen molar-refractivity contribution in [2.24, 2.45) is 0 Å². The Morgan fingerprint density at radius 1 is 1.10 bits per heavy atom. The lowest BCUT2D eigenvalue weighted by molar-refractivity contribution is 0.102. The summed E-state index contributed by atoms with van der Waals surface area (Å²) in [7, 11) is 0. The Kier molecular flexibility index (Phi) is 5.98. The lowest BCUT2D eigenvalue weighted by Crippen LogP contribution is -2.13.